The average molecular weight is 237 g/mol. The van der Waals surface area contributed by atoms with E-state index in [2.05, 4.69) is 36.2 Å². The fourth-order valence-electron chi connectivity index (χ4n) is 2.65. The summed E-state index contributed by atoms with van der Waals surface area (Å²) in [6.45, 7) is 7.37. The fraction of sp³-hybridized carbons (Fsp3) is 0.846. The van der Waals surface area contributed by atoms with Crippen molar-refractivity contribution in [3.63, 3.8) is 0 Å². The van der Waals surface area contributed by atoms with E-state index in [4.69, 9.17) is 4.52 Å². The second-order valence-electron chi connectivity index (χ2n) is 5.24. The first-order valence-electron chi connectivity index (χ1n) is 6.77. The molecule has 1 N–H and O–H groups in total. The SMILES string of the molecule is CCNC(C)c1nc(C2CCCC(C)C2)no1. The molecule has 4 nitrogen and oxygen atoms in total. The highest BCUT2D eigenvalue weighted by Crippen LogP contribution is 2.34. The van der Waals surface area contributed by atoms with Gasteiger partial charge in [-0.3, -0.25) is 0 Å². The molecule has 96 valence electrons. The van der Waals surface area contributed by atoms with Crippen molar-refractivity contribution in [2.24, 2.45) is 5.92 Å². The van der Waals surface area contributed by atoms with E-state index in [1.807, 2.05) is 0 Å². The van der Waals surface area contributed by atoms with Crippen LogP contribution in [0.3, 0.4) is 0 Å². The fourth-order valence-corrected chi connectivity index (χ4v) is 2.65. The van der Waals surface area contributed by atoms with Gasteiger partial charge in [0.2, 0.25) is 5.89 Å². The predicted molar refractivity (Wildman–Crippen MR) is 66.8 cm³/mol. The molecule has 0 radical (unpaired) electrons. The Morgan fingerprint density at radius 2 is 2.29 bits per heavy atom. The van der Waals surface area contributed by atoms with Crippen LogP contribution in [-0.2, 0) is 0 Å². The van der Waals surface area contributed by atoms with Crippen LogP contribution in [0, 0.1) is 5.92 Å². The highest BCUT2D eigenvalue weighted by atomic mass is 16.5. The first kappa shape index (κ1) is 12.6. The molecule has 1 aliphatic carbocycles. The Labute approximate surface area is 103 Å². The lowest BCUT2D eigenvalue weighted by Gasteiger charge is -2.23. The molecular weight excluding hydrogens is 214 g/mol. The third-order valence-electron chi connectivity index (χ3n) is 3.64. The first-order valence-corrected chi connectivity index (χ1v) is 6.77. The van der Waals surface area contributed by atoms with Crippen LogP contribution in [0.2, 0.25) is 0 Å². The monoisotopic (exact) mass is 237 g/mol. The largest absolute Gasteiger partial charge is 0.338 e. The van der Waals surface area contributed by atoms with Crippen molar-refractivity contribution in [2.45, 2.75) is 58.4 Å². The number of hydrogen-bond acceptors (Lipinski definition) is 4. The summed E-state index contributed by atoms with van der Waals surface area (Å²) in [5.41, 5.74) is 0. The normalized spacial score (nSPS) is 27.0. The Morgan fingerprint density at radius 1 is 1.47 bits per heavy atom. The van der Waals surface area contributed by atoms with Gasteiger partial charge in [-0.2, -0.15) is 4.98 Å². The highest BCUT2D eigenvalue weighted by molar-refractivity contribution is 4.99. The zero-order valence-corrected chi connectivity index (χ0v) is 11.1. The standard InChI is InChI=1S/C13H23N3O/c1-4-14-10(3)13-15-12(16-17-13)11-7-5-6-9(2)8-11/h9-11,14H,4-8H2,1-3H3. The van der Waals surface area contributed by atoms with Gasteiger partial charge in [0.05, 0.1) is 6.04 Å². The minimum atomic E-state index is 0.155. The van der Waals surface area contributed by atoms with Crippen molar-refractivity contribution in [2.75, 3.05) is 6.54 Å². The summed E-state index contributed by atoms with van der Waals surface area (Å²) in [7, 11) is 0. The Kier molecular flexibility index (Phi) is 4.15. The summed E-state index contributed by atoms with van der Waals surface area (Å²) in [5, 5.41) is 7.44. The van der Waals surface area contributed by atoms with Crippen LogP contribution in [0.1, 0.15) is 70.1 Å². The van der Waals surface area contributed by atoms with Crippen LogP contribution in [0.25, 0.3) is 0 Å². The first-order chi connectivity index (χ1) is 8.20. The summed E-state index contributed by atoms with van der Waals surface area (Å²) in [4.78, 5) is 4.55. The van der Waals surface area contributed by atoms with Gasteiger partial charge in [-0.1, -0.05) is 31.8 Å². The second-order valence-corrected chi connectivity index (χ2v) is 5.24. The predicted octanol–water partition coefficient (Wildman–Crippen LogP) is 3.03. The maximum Gasteiger partial charge on any atom is 0.243 e. The Hall–Kier alpha value is -0.900. The van der Waals surface area contributed by atoms with Crippen molar-refractivity contribution in [3.05, 3.63) is 11.7 Å². The van der Waals surface area contributed by atoms with Gasteiger partial charge in [0.15, 0.2) is 5.82 Å². The lowest BCUT2D eigenvalue weighted by atomic mass is 9.82. The number of rotatable bonds is 4. The van der Waals surface area contributed by atoms with E-state index in [1.54, 1.807) is 0 Å². The maximum absolute atomic E-state index is 5.34. The van der Waals surface area contributed by atoms with Gasteiger partial charge in [-0.05, 0) is 32.2 Å². The number of hydrogen-bond donors (Lipinski definition) is 1. The van der Waals surface area contributed by atoms with Gasteiger partial charge < -0.3 is 9.84 Å². The van der Waals surface area contributed by atoms with Crippen LogP contribution < -0.4 is 5.32 Å². The lowest BCUT2D eigenvalue weighted by molar-refractivity contribution is 0.312. The zero-order chi connectivity index (χ0) is 12.3. The molecule has 4 heteroatoms. The minimum Gasteiger partial charge on any atom is -0.338 e. The molecule has 0 spiro atoms. The average Bonchev–Trinajstić information content (AvgIpc) is 2.78. The van der Waals surface area contributed by atoms with Crippen LogP contribution in [0.5, 0.6) is 0 Å². The third-order valence-corrected chi connectivity index (χ3v) is 3.64. The molecule has 0 bridgehead atoms. The quantitative estimate of drug-likeness (QED) is 0.874. The lowest BCUT2D eigenvalue weighted by Crippen LogP contribution is -2.18. The Balaban J connectivity index is 2.02. The van der Waals surface area contributed by atoms with Gasteiger partial charge >= 0.3 is 0 Å². The number of nitrogens with zero attached hydrogens (tertiary/aromatic N) is 2. The Bertz CT molecular complexity index is 350. The van der Waals surface area contributed by atoms with Crippen LogP contribution >= 0.6 is 0 Å². The van der Waals surface area contributed by atoms with Gasteiger partial charge in [-0.15, -0.1) is 0 Å². The second kappa shape index (κ2) is 5.63. The molecular formula is C13H23N3O. The van der Waals surface area contributed by atoms with Crippen molar-refractivity contribution in [3.8, 4) is 0 Å². The summed E-state index contributed by atoms with van der Waals surface area (Å²) in [5.74, 6) is 2.93. The molecule has 1 aromatic heterocycles. The van der Waals surface area contributed by atoms with E-state index in [0.717, 1.165) is 24.2 Å². The van der Waals surface area contributed by atoms with Gasteiger partial charge in [-0.25, -0.2) is 0 Å². The minimum absolute atomic E-state index is 0.155. The van der Waals surface area contributed by atoms with Gasteiger partial charge in [0, 0.05) is 5.92 Å². The smallest absolute Gasteiger partial charge is 0.243 e. The summed E-state index contributed by atoms with van der Waals surface area (Å²) in [6.07, 6.45) is 5.04. The molecule has 17 heavy (non-hydrogen) atoms. The van der Waals surface area contributed by atoms with E-state index in [0.29, 0.717) is 5.92 Å². The van der Waals surface area contributed by atoms with E-state index >= 15 is 0 Å². The summed E-state index contributed by atoms with van der Waals surface area (Å²) >= 11 is 0. The summed E-state index contributed by atoms with van der Waals surface area (Å²) < 4.78 is 5.34. The molecule has 2 rings (SSSR count). The topological polar surface area (TPSA) is 51.0 Å². The zero-order valence-electron chi connectivity index (χ0n) is 11.1. The molecule has 1 aliphatic rings. The van der Waals surface area contributed by atoms with Gasteiger partial charge in [0.25, 0.3) is 0 Å². The third kappa shape index (κ3) is 3.06. The van der Waals surface area contributed by atoms with Crippen molar-refractivity contribution >= 4 is 0 Å². The van der Waals surface area contributed by atoms with Crippen LogP contribution in [-0.4, -0.2) is 16.7 Å². The molecule has 3 atom stereocenters. The number of aromatic nitrogens is 2. The van der Waals surface area contributed by atoms with Crippen LogP contribution in [0.4, 0.5) is 0 Å². The van der Waals surface area contributed by atoms with Crippen molar-refractivity contribution in [1.82, 2.24) is 15.5 Å². The molecule has 3 unspecified atom stereocenters. The molecule has 1 heterocycles. The molecule has 0 saturated heterocycles. The molecule has 0 aromatic carbocycles. The van der Waals surface area contributed by atoms with E-state index < -0.39 is 0 Å². The molecule has 0 amide bonds. The van der Waals surface area contributed by atoms with Crippen LogP contribution in [0.15, 0.2) is 4.52 Å². The van der Waals surface area contributed by atoms with E-state index in [1.165, 1.54) is 25.7 Å². The van der Waals surface area contributed by atoms with Gasteiger partial charge in [0.1, 0.15) is 0 Å². The van der Waals surface area contributed by atoms with Crippen molar-refractivity contribution in [1.29, 1.82) is 0 Å². The van der Waals surface area contributed by atoms with E-state index in [9.17, 15) is 0 Å². The van der Waals surface area contributed by atoms with Crippen molar-refractivity contribution < 1.29 is 4.52 Å². The molecule has 1 aromatic rings. The van der Waals surface area contributed by atoms with E-state index in [-0.39, 0.29) is 6.04 Å². The highest BCUT2D eigenvalue weighted by Gasteiger charge is 2.25. The Morgan fingerprint density at radius 3 is 3.00 bits per heavy atom. The summed E-state index contributed by atoms with van der Waals surface area (Å²) in [6, 6.07) is 0.155. The maximum atomic E-state index is 5.34. The number of nitrogens with one attached hydrogen (secondary N) is 1. The molecule has 1 fully saturated rings. The molecule has 1 saturated carbocycles. The molecule has 0 aliphatic heterocycles.